The molecule has 0 unspecified atom stereocenters. The Morgan fingerprint density at radius 2 is 1.81 bits per heavy atom. The lowest BCUT2D eigenvalue weighted by Crippen LogP contribution is -2.34. The Morgan fingerprint density at radius 1 is 1.15 bits per heavy atom. The van der Waals surface area contributed by atoms with Gasteiger partial charge < -0.3 is 4.90 Å². The number of nitriles is 1. The Kier molecular flexibility index (Phi) is 6.59. The molecule has 0 aliphatic heterocycles. The zero-order chi connectivity index (χ0) is 20.0. The monoisotopic (exact) mass is 385 g/mol. The molecule has 1 atom stereocenters. The fourth-order valence-corrected chi connectivity index (χ4v) is 3.88. The summed E-state index contributed by atoms with van der Waals surface area (Å²) >= 11 is 0. The Balaban J connectivity index is 2.34. The second-order valence-electron chi connectivity index (χ2n) is 6.21. The van der Waals surface area contributed by atoms with E-state index >= 15 is 0 Å². The summed E-state index contributed by atoms with van der Waals surface area (Å²) in [7, 11) is -2.32. The smallest absolute Gasteiger partial charge is 0.264 e. The molecular formula is C20H23N3O3S. The third kappa shape index (κ3) is 4.66. The Labute approximate surface area is 160 Å². The molecule has 0 bridgehead atoms. The minimum atomic E-state index is -3.80. The van der Waals surface area contributed by atoms with Crippen LogP contribution in [0.15, 0.2) is 59.5 Å². The van der Waals surface area contributed by atoms with E-state index in [4.69, 9.17) is 5.26 Å². The maximum absolute atomic E-state index is 12.9. The van der Waals surface area contributed by atoms with E-state index in [0.717, 1.165) is 0 Å². The first-order valence-corrected chi connectivity index (χ1v) is 10.1. The zero-order valence-electron chi connectivity index (χ0n) is 15.7. The Bertz CT molecular complexity index is 936. The van der Waals surface area contributed by atoms with Crippen LogP contribution in [0.25, 0.3) is 0 Å². The molecular weight excluding hydrogens is 362 g/mol. The minimum absolute atomic E-state index is 0.0455. The van der Waals surface area contributed by atoms with Crippen molar-refractivity contribution in [3.05, 3.63) is 60.2 Å². The summed E-state index contributed by atoms with van der Waals surface area (Å²) in [5.41, 5.74) is 0.816. The highest BCUT2D eigenvalue weighted by molar-refractivity contribution is 7.92. The van der Waals surface area contributed by atoms with E-state index in [1.807, 2.05) is 13.0 Å². The lowest BCUT2D eigenvalue weighted by molar-refractivity contribution is 0.0752. The van der Waals surface area contributed by atoms with Crippen LogP contribution >= 0.6 is 0 Å². The quantitative estimate of drug-likeness (QED) is 0.733. The number of nitrogens with zero attached hydrogens (tertiary/aromatic N) is 3. The van der Waals surface area contributed by atoms with Crippen LogP contribution in [0.4, 0.5) is 5.69 Å². The number of anilines is 1. The second-order valence-corrected chi connectivity index (χ2v) is 8.18. The van der Waals surface area contributed by atoms with Gasteiger partial charge >= 0.3 is 0 Å². The average Bonchev–Trinajstić information content (AvgIpc) is 2.71. The molecule has 0 aromatic heterocycles. The molecule has 7 heteroatoms. The van der Waals surface area contributed by atoms with E-state index in [2.05, 4.69) is 6.07 Å². The molecule has 0 saturated heterocycles. The summed E-state index contributed by atoms with van der Waals surface area (Å²) in [6, 6.07) is 16.8. The van der Waals surface area contributed by atoms with Crippen LogP contribution in [0, 0.1) is 17.2 Å². The second kappa shape index (κ2) is 8.69. The Hall–Kier alpha value is -2.85. The first-order valence-electron chi connectivity index (χ1n) is 8.64. The maximum atomic E-state index is 12.9. The topological polar surface area (TPSA) is 81.5 Å². The van der Waals surface area contributed by atoms with Crippen molar-refractivity contribution < 1.29 is 13.2 Å². The van der Waals surface area contributed by atoms with Gasteiger partial charge in [0.25, 0.3) is 15.9 Å². The van der Waals surface area contributed by atoms with Gasteiger partial charge in [-0.3, -0.25) is 9.10 Å². The van der Waals surface area contributed by atoms with Gasteiger partial charge in [0.15, 0.2) is 0 Å². The van der Waals surface area contributed by atoms with Gasteiger partial charge in [0.05, 0.1) is 22.6 Å². The van der Waals surface area contributed by atoms with Crippen molar-refractivity contribution in [3.63, 3.8) is 0 Å². The van der Waals surface area contributed by atoms with Crippen LogP contribution in [-0.4, -0.2) is 39.4 Å². The van der Waals surface area contributed by atoms with Crippen LogP contribution < -0.4 is 4.31 Å². The molecule has 0 radical (unpaired) electrons. The number of hydrogen-bond acceptors (Lipinski definition) is 4. The maximum Gasteiger partial charge on any atom is 0.264 e. The number of benzene rings is 2. The molecule has 0 heterocycles. The van der Waals surface area contributed by atoms with Crippen molar-refractivity contribution >= 4 is 21.6 Å². The molecule has 0 spiro atoms. The summed E-state index contributed by atoms with van der Waals surface area (Å²) in [4.78, 5) is 14.3. The largest absolute Gasteiger partial charge is 0.338 e. The standard InChI is InChI=1S/C20H23N3O3S/c1-4-23(15-16(2)14-21)20(24)17-9-8-12-19(13-17)27(25,26)22(3)18-10-6-5-7-11-18/h5-13,16H,4,15H2,1-3H3/t16-/m1/s1. The first-order chi connectivity index (χ1) is 12.8. The van der Waals surface area contributed by atoms with Gasteiger partial charge in [-0.15, -0.1) is 0 Å². The molecule has 0 fully saturated rings. The Morgan fingerprint density at radius 3 is 2.41 bits per heavy atom. The number of amides is 1. The van der Waals surface area contributed by atoms with Crippen LogP contribution in [0.2, 0.25) is 0 Å². The van der Waals surface area contributed by atoms with Gasteiger partial charge in [0.1, 0.15) is 0 Å². The lowest BCUT2D eigenvalue weighted by Gasteiger charge is -2.23. The summed E-state index contributed by atoms with van der Waals surface area (Å²) in [6.07, 6.45) is 0. The number of carbonyl (C=O) groups excluding carboxylic acids is 1. The number of carbonyl (C=O) groups is 1. The van der Waals surface area contributed by atoms with Gasteiger partial charge in [-0.2, -0.15) is 5.26 Å². The molecule has 1 amide bonds. The predicted molar refractivity (Wildman–Crippen MR) is 105 cm³/mol. The molecule has 0 saturated carbocycles. The van der Waals surface area contributed by atoms with Gasteiger partial charge in [-0.25, -0.2) is 8.42 Å². The highest BCUT2D eigenvalue weighted by Crippen LogP contribution is 2.22. The molecule has 0 aliphatic carbocycles. The van der Waals surface area contributed by atoms with Crippen molar-refractivity contribution in [2.45, 2.75) is 18.7 Å². The molecule has 0 N–H and O–H groups in total. The highest BCUT2D eigenvalue weighted by atomic mass is 32.2. The third-order valence-corrected chi connectivity index (χ3v) is 6.02. The fourth-order valence-electron chi connectivity index (χ4n) is 2.63. The molecule has 27 heavy (non-hydrogen) atoms. The van der Waals surface area contributed by atoms with E-state index < -0.39 is 10.0 Å². The van der Waals surface area contributed by atoms with Crippen molar-refractivity contribution in [3.8, 4) is 6.07 Å². The summed E-state index contributed by atoms with van der Waals surface area (Å²) < 4.78 is 27.0. The fraction of sp³-hybridized carbons (Fsp3) is 0.300. The van der Waals surface area contributed by atoms with E-state index in [-0.39, 0.29) is 22.3 Å². The van der Waals surface area contributed by atoms with Crippen molar-refractivity contribution in [1.29, 1.82) is 5.26 Å². The van der Waals surface area contributed by atoms with Crippen molar-refractivity contribution in [2.24, 2.45) is 5.92 Å². The highest BCUT2D eigenvalue weighted by Gasteiger charge is 2.23. The summed E-state index contributed by atoms with van der Waals surface area (Å²) in [5.74, 6) is -0.593. The van der Waals surface area contributed by atoms with E-state index in [1.54, 1.807) is 48.2 Å². The molecule has 2 aromatic rings. The van der Waals surface area contributed by atoms with Crippen LogP contribution in [0.3, 0.4) is 0 Å². The van der Waals surface area contributed by atoms with E-state index in [9.17, 15) is 13.2 Å². The normalized spacial score (nSPS) is 12.1. The van der Waals surface area contributed by atoms with Crippen molar-refractivity contribution in [1.82, 2.24) is 4.90 Å². The molecule has 6 nitrogen and oxygen atoms in total. The number of sulfonamides is 1. The van der Waals surface area contributed by atoms with Gasteiger partial charge in [-0.05, 0) is 44.2 Å². The summed E-state index contributed by atoms with van der Waals surface area (Å²) in [6.45, 7) is 4.30. The number of para-hydroxylation sites is 1. The van der Waals surface area contributed by atoms with Gasteiger partial charge in [0.2, 0.25) is 0 Å². The van der Waals surface area contributed by atoms with Crippen LogP contribution in [-0.2, 0) is 10.0 Å². The van der Waals surface area contributed by atoms with Crippen molar-refractivity contribution in [2.75, 3.05) is 24.4 Å². The SMILES string of the molecule is CCN(C[C@H](C)C#N)C(=O)c1cccc(S(=O)(=O)N(C)c2ccccc2)c1. The predicted octanol–water partition coefficient (Wildman–Crippen LogP) is 3.13. The lowest BCUT2D eigenvalue weighted by atomic mass is 10.1. The molecule has 2 aromatic carbocycles. The molecule has 0 aliphatic rings. The average molecular weight is 385 g/mol. The zero-order valence-corrected chi connectivity index (χ0v) is 16.5. The molecule has 142 valence electrons. The van der Waals surface area contributed by atoms with Crippen LogP contribution in [0.5, 0.6) is 0 Å². The van der Waals surface area contributed by atoms with E-state index in [1.165, 1.54) is 23.5 Å². The number of hydrogen-bond donors (Lipinski definition) is 0. The van der Waals surface area contributed by atoms with E-state index in [0.29, 0.717) is 18.8 Å². The summed E-state index contributed by atoms with van der Waals surface area (Å²) in [5, 5.41) is 8.98. The van der Waals surface area contributed by atoms with Crippen LogP contribution in [0.1, 0.15) is 24.2 Å². The third-order valence-electron chi connectivity index (χ3n) is 4.24. The number of rotatable bonds is 7. The van der Waals surface area contributed by atoms with Gasteiger partial charge in [-0.1, -0.05) is 24.3 Å². The molecule has 2 rings (SSSR count). The minimum Gasteiger partial charge on any atom is -0.338 e. The van der Waals surface area contributed by atoms with Gasteiger partial charge in [0, 0.05) is 25.7 Å². The first kappa shape index (κ1) is 20.5.